The summed E-state index contributed by atoms with van der Waals surface area (Å²) in [5.41, 5.74) is -1.59. The van der Waals surface area contributed by atoms with Gasteiger partial charge < -0.3 is 10.1 Å². The Morgan fingerprint density at radius 1 is 1.00 bits per heavy atom. The van der Waals surface area contributed by atoms with Crippen molar-refractivity contribution in [2.75, 3.05) is 0 Å². The van der Waals surface area contributed by atoms with Gasteiger partial charge in [0.05, 0.1) is 7.05 Å². The summed E-state index contributed by atoms with van der Waals surface area (Å²) in [6.07, 6.45) is 9.44. The van der Waals surface area contributed by atoms with Gasteiger partial charge in [-0.15, -0.1) is 0 Å². The molecule has 0 saturated heterocycles. The molecule has 0 radical (unpaired) electrons. The molecule has 6 atom stereocenters. The Kier molecular flexibility index (Phi) is 5.06. The maximum atomic E-state index is 12.4. The normalized spacial score (nSPS) is 36.3. The zero-order chi connectivity index (χ0) is 23.5. The summed E-state index contributed by atoms with van der Waals surface area (Å²) in [6, 6.07) is 0. The van der Waals surface area contributed by atoms with Crippen LogP contribution in [0.4, 0.5) is 5.82 Å². The molecule has 11 nitrogen and oxygen atoms in total. The fourth-order valence-electron chi connectivity index (χ4n) is 7.69. The third-order valence-corrected chi connectivity index (χ3v) is 9.20. The zero-order valence-electron chi connectivity index (χ0n) is 18.7. The van der Waals surface area contributed by atoms with Gasteiger partial charge in [0.25, 0.3) is 0 Å². The van der Waals surface area contributed by atoms with Crippen LogP contribution in [0, 0.1) is 54.0 Å². The van der Waals surface area contributed by atoms with Gasteiger partial charge in [-0.1, -0.05) is 5.57 Å². The molecule has 4 fully saturated rings. The van der Waals surface area contributed by atoms with Crippen LogP contribution in [-0.2, 0) is 7.05 Å². The number of aromatic nitrogens is 2. The molecule has 2 unspecified atom stereocenters. The van der Waals surface area contributed by atoms with E-state index in [9.17, 15) is 30.3 Å². The number of nitrogens with zero attached hydrogens (tertiary/aromatic N) is 5. The summed E-state index contributed by atoms with van der Waals surface area (Å²) in [4.78, 5) is 39.4. The number of imidazole rings is 1. The molecule has 178 valence electrons. The van der Waals surface area contributed by atoms with E-state index < -0.39 is 16.0 Å². The van der Waals surface area contributed by atoms with E-state index in [1.165, 1.54) is 11.6 Å². The lowest BCUT2D eigenvalue weighted by Crippen LogP contribution is -2.47. The average Bonchev–Trinajstić information content (AvgIpc) is 3.55. The SMILES string of the molecule is Cn1c([N+](=O)[O-])cnc1C=C(CC1([N+](=O)[O-])C[C@@H]2CC[C@H]1C2)CC1([N+](=O)[O-])C[C@@H]2CC[C@H]1C2. The minimum Gasteiger partial charge on any atom is -0.358 e. The predicted molar refractivity (Wildman–Crippen MR) is 117 cm³/mol. The van der Waals surface area contributed by atoms with Crippen molar-refractivity contribution < 1.29 is 14.8 Å². The van der Waals surface area contributed by atoms with Crippen LogP contribution < -0.4 is 0 Å². The maximum absolute atomic E-state index is 12.4. The molecule has 0 aromatic carbocycles. The fourth-order valence-corrected chi connectivity index (χ4v) is 7.69. The Morgan fingerprint density at radius 3 is 1.85 bits per heavy atom. The van der Waals surface area contributed by atoms with Gasteiger partial charge in [-0.25, -0.2) is 9.55 Å². The van der Waals surface area contributed by atoms with Crippen LogP contribution in [0.5, 0.6) is 0 Å². The van der Waals surface area contributed by atoms with Gasteiger partial charge in [-0.05, 0) is 55.3 Å². The van der Waals surface area contributed by atoms with Crippen LogP contribution in [0.25, 0.3) is 6.08 Å². The number of fused-ring (bicyclic) bond motifs is 4. The van der Waals surface area contributed by atoms with Crippen molar-refractivity contribution >= 4 is 11.9 Å². The molecule has 1 heterocycles. The number of rotatable bonds is 8. The Bertz CT molecular complexity index is 1000. The van der Waals surface area contributed by atoms with Crippen molar-refractivity contribution in [3.63, 3.8) is 0 Å². The maximum Gasteiger partial charge on any atom is 0.342 e. The first-order chi connectivity index (χ1) is 15.6. The zero-order valence-corrected chi connectivity index (χ0v) is 18.7. The second kappa shape index (κ2) is 7.59. The summed E-state index contributed by atoms with van der Waals surface area (Å²) in [7, 11) is 1.52. The summed E-state index contributed by atoms with van der Waals surface area (Å²) >= 11 is 0. The number of hydrogen-bond donors (Lipinski definition) is 0. The summed E-state index contributed by atoms with van der Waals surface area (Å²) < 4.78 is 1.33. The minimum absolute atomic E-state index is 0.0248. The molecule has 0 N–H and O–H groups in total. The fraction of sp³-hybridized carbons (Fsp3) is 0.773. The molecule has 4 aliphatic carbocycles. The molecule has 0 amide bonds. The van der Waals surface area contributed by atoms with Crippen LogP contribution >= 0.6 is 0 Å². The highest BCUT2D eigenvalue weighted by Gasteiger charge is 2.63. The summed E-state index contributed by atoms with van der Waals surface area (Å²) in [6.45, 7) is 0. The Hall–Kier alpha value is -2.85. The van der Waals surface area contributed by atoms with Gasteiger partial charge in [0.15, 0.2) is 0 Å². The molecule has 0 aliphatic heterocycles. The molecule has 4 bridgehead atoms. The largest absolute Gasteiger partial charge is 0.358 e. The van der Waals surface area contributed by atoms with Crippen molar-refractivity contribution in [3.8, 4) is 0 Å². The van der Waals surface area contributed by atoms with Gasteiger partial charge >= 0.3 is 5.82 Å². The lowest BCUT2D eigenvalue weighted by atomic mass is 9.72. The second-order valence-electron chi connectivity index (χ2n) is 10.8. The molecule has 5 rings (SSSR count). The summed E-state index contributed by atoms with van der Waals surface area (Å²) in [5, 5.41) is 36.0. The number of nitro groups is 3. The molecule has 1 aromatic heterocycles. The van der Waals surface area contributed by atoms with Gasteiger partial charge in [-0.2, -0.15) is 0 Å². The predicted octanol–water partition coefficient (Wildman–Crippen LogP) is 4.16. The average molecular weight is 460 g/mol. The van der Waals surface area contributed by atoms with E-state index in [0.717, 1.165) is 44.7 Å². The molecule has 0 spiro atoms. The first-order valence-corrected chi connectivity index (χ1v) is 11.8. The van der Waals surface area contributed by atoms with E-state index in [-0.39, 0.29) is 40.3 Å². The van der Waals surface area contributed by atoms with Crippen molar-refractivity contribution in [1.29, 1.82) is 0 Å². The highest BCUT2D eigenvalue weighted by molar-refractivity contribution is 5.49. The van der Waals surface area contributed by atoms with Crippen LogP contribution in [0.1, 0.15) is 70.0 Å². The first-order valence-electron chi connectivity index (χ1n) is 11.8. The molecular weight excluding hydrogens is 430 g/mol. The van der Waals surface area contributed by atoms with Crippen molar-refractivity contribution in [2.24, 2.45) is 30.7 Å². The third-order valence-electron chi connectivity index (χ3n) is 9.20. The van der Waals surface area contributed by atoms with Crippen LogP contribution in [0.2, 0.25) is 0 Å². The molecule has 1 aromatic rings. The van der Waals surface area contributed by atoms with Crippen LogP contribution in [-0.4, -0.2) is 35.4 Å². The van der Waals surface area contributed by atoms with Gasteiger partial charge in [0.2, 0.25) is 16.9 Å². The first kappa shape index (κ1) is 22.0. The van der Waals surface area contributed by atoms with E-state index >= 15 is 0 Å². The lowest BCUT2D eigenvalue weighted by Gasteiger charge is -2.34. The van der Waals surface area contributed by atoms with Gasteiger partial charge in [0.1, 0.15) is 6.20 Å². The summed E-state index contributed by atoms with van der Waals surface area (Å²) in [5.74, 6) is 0.741. The standard InChI is InChI=1S/C22H29N5O6/c1-24-19(23-13-20(24)25(28)29)8-16(11-21(26(30)31)9-14-2-4-17(21)6-14)12-22(27(32)33)10-15-3-5-18(22)7-15/h8,13-15,17-18H,2-7,9-12H2,1H3/t14-,15-,17+,18+,21?,22?/m1/s1. The Morgan fingerprint density at radius 2 is 1.52 bits per heavy atom. The van der Waals surface area contributed by atoms with E-state index in [0.29, 0.717) is 36.1 Å². The molecular formula is C22H29N5O6. The van der Waals surface area contributed by atoms with E-state index in [1.807, 2.05) is 0 Å². The van der Waals surface area contributed by atoms with E-state index in [2.05, 4.69) is 4.98 Å². The lowest BCUT2D eigenvalue weighted by molar-refractivity contribution is -0.584. The van der Waals surface area contributed by atoms with Gasteiger partial charge in [0, 0.05) is 53.4 Å². The molecule has 11 heteroatoms. The highest BCUT2D eigenvalue weighted by atomic mass is 16.6. The van der Waals surface area contributed by atoms with Crippen molar-refractivity contribution in [3.05, 3.63) is 47.9 Å². The van der Waals surface area contributed by atoms with Crippen LogP contribution in [0.15, 0.2) is 11.8 Å². The smallest absolute Gasteiger partial charge is 0.342 e. The van der Waals surface area contributed by atoms with E-state index in [4.69, 9.17) is 0 Å². The van der Waals surface area contributed by atoms with E-state index in [1.54, 1.807) is 6.08 Å². The van der Waals surface area contributed by atoms with Crippen molar-refractivity contribution in [2.45, 2.75) is 75.3 Å². The highest BCUT2D eigenvalue weighted by Crippen LogP contribution is 2.58. The Labute approximate surface area is 190 Å². The topological polar surface area (TPSA) is 147 Å². The van der Waals surface area contributed by atoms with Crippen molar-refractivity contribution in [1.82, 2.24) is 9.55 Å². The minimum atomic E-state index is -1.11. The molecule has 4 saturated carbocycles. The van der Waals surface area contributed by atoms with Gasteiger partial charge in [-0.3, -0.25) is 20.2 Å². The third kappa shape index (κ3) is 3.34. The Balaban J connectivity index is 1.55. The quantitative estimate of drug-likeness (QED) is 0.418. The second-order valence-corrected chi connectivity index (χ2v) is 10.8. The molecule has 4 aliphatic rings. The molecule has 33 heavy (non-hydrogen) atoms. The number of hydrogen-bond acceptors (Lipinski definition) is 7. The monoisotopic (exact) mass is 459 g/mol. The van der Waals surface area contributed by atoms with Crippen LogP contribution in [0.3, 0.4) is 0 Å².